The third kappa shape index (κ3) is 2.97. The van der Waals surface area contributed by atoms with Crippen molar-refractivity contribution in [1.82, 2.24) is 9.97 Å². The van der Waals surface area contributed by atoms with Gasteiger partial charge in [0.05, 0.1) is 5.52 Å². The summed E-state index contributed by atoms with van der Waals surface area (Å²) in [5.41, 5.74) is 3.08. The molecule has 0 spiro atoms. The predicted molar refractivity (Wildman–Crippen MR) is 91.2 cm³/mol. The molecule has 0 aliphatic heterocycles. The van der Waals surface area contributed by atoms with E-state index in [2.05, 4.69) is 55.6 Å². The number of hydrogen-bond acceptors (Lipinski definition) is 4. The van der Waals surface area contributed by atoms with Crippen LogP contribution in [-0.2, 0) is 0 Å². The van der Waals surface area contributed by atoms with Crippen molar-refractivity contribution in [3.63, 3.8) is 0 Å². The summed E-state index contributed by atoms with van der Waals surface area (Å²) in [6.45, 7) is 2.06. The summed E-state index contributed by atoms with van der Waals surface area (Å²) in [4.78, 5) is 8.98. The first-order valence-corrected chi connectivity index (χ1v) is 7.44. The van der Waals surface area contributed by atoms with Crippen molar-refractivity contribution in [3.05, 3.63) is 52.5 Å². The maximum Gasteiger partial charge on any atom is 0.224 e. The largest absolute Gasteiger partial charge is 0.357 e. The van der Waals surface area contributed by atoms with Gasteiger partial charge in [-0.1, -0.05) is 28.1 Å². The summed E-state index contributed by atoms with van der Waals surface area (Å²) in [5.74, 6) is 1.39. The minimum absolute atomic E-state index is 0.600. The lowest BCUT2D eigenvalue weighted by Crippen LogP contribution is -2.02. The molecule has 106 valence electrons. The zero-order valence-corrected chi connectivity index (χ0v) is 13.4. The summed E-state index contributed by atoms with van der Waals surface area (Å²) in [6.07, 6.45) is 0. The minimum atomic E-state index is 0.600. The van der Waals surface area contributed by atoms with E-state index in [4.69, 9.17) is 0 Å². The fraction of sp³-hybridized carbons (Fsp3) is 0.125. The van der Waals surface area contributed by atoms with E-state index in [0.717, 1.165) is 26.9 Å². The van der Waals surface area contributed by atoms with Gasteiger partial charge in [-0.15, -0.1) is 0 Å². The molecule has 0 fully saturated rings. The van der Waals surface area contributed by atoms with Crippen LogP contribution in [-0.4, -0.2) is 17.0 Å². The van der Waals surface area contributed by atoms with E-state index < -0.39 is 0 Å². The topological polar surface area (TPSA) is 49.8 Å². The number of anilines is 3. The molecule has 2 N–H and O–H groups in total. The molecule has 21 heavy (non-hydrogen) atoms. The van der Waals surface area contributed by atoms with E-state index in [1.54, 1.807) is 0 Å². The molecule has 1 heterocycles. The van der Waals surface area contributed by atoms with Crippen LogP contribution < -0.4 is 10.6 Å². The van der Waals surface area contributed by atoms with E-state index in [1.165, 1.54) is 5.56 Å². The second kappa shape index (κ2) is 5.69. The molecule has 5 heteroatoms. The summed E-state index contributed by atoms with van der Waals surface area (Å²) < 4.78 is 1.04. The zero-order valence-electron chi connectivity index (χ0n) is 11.8. The second-order valence-electron chi connectivity index (χ2n) is 4.81. The highest BCUT2D eigenvalue weighted by Gasteiger charge is 2.07. The van der Waals surface area contributed by atoms with Crippen molar-refractivity contribution < 1.29 is 0 Å². The van der Waals surface area contributed by atoms with Crippen LogP contribution in [0.5, 0.6) is 0 Å². The highest BCUT2D eigenvalue weighted by molar-refractivity contribution is 9.10. The van der Waals surface area contributed by atoms with Gasteiger partial charge in [-0.3, -0.25) is 0 Å². The van der Waals surface area contributed by atoms with Crippen LogP contribution >= 0.6 is 15.9 Å². The number of aryl methyl sites for hydroxylation is 1. The Morgan fingerprint density at radius 1 is 1.05 bits per heavy atom. The number of benzene rings is 2. The Bertz CT molecular complexity index is 781. The highest BCUT2D eigenvalue weighted by Crippen LogP contribution is 2.27. The number of nitrogens with zero attached hydrogens (tertiary/aromatic N) is 2. The maximum absolute atomic E-state index is 4.53. The van der Waals surface area contributed by atoms with Crippen LogP contribution in [0.25, 0.3) is 10.9 Å². The van der Waals surface area contributed by atoms with E-state index >= 15 is 0 Å². The van der Waals surface area contributed by atoms with Crippen molar-refractivity contribution in [2.45, 2.75) is 6.92 Å². The van der Waals surface area contributed by atoms with Crippen LogP contribution in [0.15, 0.2) is 46.9 Å². The summed E-state index contributed by atoms with van der Waals surface area (Å²) in [6, 6.07) is 14.1. The first kappa shape index (κ1) is 13.8. The van der Waals surface area contributed by atoms with Gasteiger partial charge in [0.1, 0.15) is 5.82 Å². The molecule has 1 aromatic heterocycles. The molecule has 0 radical (unpaired) electrons. The Labute approximate surface area is 131 Å². The summed E-state index contributed by atoms with van der Waals surface area (Å²) in [7, 11) is 1.82. The third-order valence-electron chi connectivity index (χ3n) is 3.13. The number of halogens is 1. The molecular formula is C16H15BrN4. The average molecular weight is 343 g/mol. The quantitative estimate of drug-likeness (QED) is 0.736. The minimum Gasteiger partial charge on any atom is -0.357 e. The van der Waals surface area contributed by atoms with Gasteiger partial charge < -0.3 is 10.6 Å². The van der Waals surface area contributed by atoms with Crippen LogP contribution in [0.1, 0.15) is 5.56 Å². The molecule has 4 nitrogen and oxygen atoms in total. The van der Waals surface area contributed by atoms with Gasteiger partial charge >= 0.3 is 0 Å². The van der Waals surface area contributed by atoms with Gasteiger partial charge in [-0.2, -0.15) is 4.98 Å². The first-order chi connectivity index (χ1) is 10.2. The van der Waals surface area contributed by atoms with Crippen LogP contribution in [0.3, 0.4) is 0 Å². The second-order valence-corrected chi connectivity index (χ2v) is 5.72. The number of hydrogen-bond donors (Lipinski definition) is 2. The van der Waals surface area contributed by atoms with Crippen LogP contribution in [0.2, 0.25) is 0 Å². The number of rotatable bonds is 3. The zero-order chi connectivity index (χ0) is 14.8. The lowest BCUT2D eigenvalue weighted by Gasteiger charge is -2.11. The molecule has 0 saturated heterocycles. The van der Waals surface area contributed by atoms with Crippen molar-refractivity contribution in [1.29, 1.82) is 0 Å². The standard InChI is InChI=1S/C16H15BrN4/c1-10-7-11(17)9-12(8-10)19-15-13-5-3-4-6-14(13)20-16(18-2)21-15/h3-9H,1-2H3,(H2,18,19,20,21). The van der Waals surface area contributed by atoms with Crippen molar-refractivity contribution in [2.24, 2.45) is 0 Å². The van der Waals surface area contributed by atoms with E-state index in [0.29, 0.717) is 5.95 Å². The fourth-order valence-corrected chi connectivity index (χ4v) is 2.84. The number of para-hydroxylation sites is 1. The van der Waals surface area contributed by atoms with Gasteiger partial charge in [0.15, 0.2) is 0 Å². The Balaban J connectivity index is 2.10. The van der Waals surface area contributed by atoms with Crippen molar-refractivity contribution in [2.75, 3.05) is 17.7 Å². The normalized spacial score (nSPS) is 10.6. The molecule has 0 atom stereocenters. The van der Waals surface area contributed by atoms with Crippen molar-refractivity contribution in [3.8, 4) is 0 Å². The monoisotopic (exact) mass is 342 g/mol. The van der Waals surface area contributed by atoms with Crippen molar-refractivity contribution >= 4 is 44.3 Å². The van der Waals surface area contributed by atoms with Gasteiger partial charge in [0, 0.05) is 22.6 Å². The smallest absolute Gasteiger partial charge is 0.224 e. The first-order valence-electron chi connectivity index (χ1n) is 6.64. The molecule has 2 aromatic carbocycles. The molecule has 0 bridgehead atoms. The molecular weight excluding hydrogens is 328 g/mol. The van der Waals surface area contributed by atoms with E-state index in [-0.39, 0.29) is 0 Å². The predicted octanol–water partition coefficient (Wildman–Crippen LogP) is 4.49. The molecule has 3 rings (SSSR count). The van der Waals surface area contributed by atoms with E-state index in [1.807, 2.05) is 37.4 Å². The average Bonchev–Trinajstić information content (AvgIpc) is 2.46. The number of nitrogens with one attached hydrogen (secondary N) is 2. The molecule has 0 amide bonds. The number of fused-ring (bicyclic) bond motifs is 1. The molecule has 3 aromatic rings. The van der Waals surface area contributed by atoms with Gasteiger partial charge in [-0.25, -0.2) is 4.98 Å². The lowest BCUT2D eigenvalue weighted by atomic mass is 10.2. The fourth-order valence-electron chi connectivity index (χ4n) is 2.23. The van der Waals surface area contributed by atoms with Crippen LogP contribution in [0, 0.1) is 6.92 Å². The van der Waals surface area contributed by atoms with Gasteiger partial charge in [0.2, 0.25) is 5.95 Å². The highest BCUT2D eigenvalue weighted by atomic mass is 79.9. The number of aromatic nitrogens is 2. The van der Waals surface area contributed by atoms with Gasteiger partial charge in [0.25, 0.3) is 0 Å². The Kier molecular flexibility index (Phi) is 3.75. The SMILES string of the molecule is CNc1nc(Nc2cc(C)cc(Br)c2)c2ccccc2n1. The summed E-state index contributed by atoms with van der Waals surface area (Å²) in [5, 5.41) is 7.37. The molecule has 0 saturated carbocycles. The Morgan fingerprint density at radius 3 is 2.62 bits per heavy atom. The Hall–Kier alpha value is -2.14. The van der Waals surface area contributed by atoms with Crippen LogP contribution in [0.4, 0.5) is 17.5 Å². The molecule has 0 aliphatic rings. The molecule has 0 unspecified atom stereocenters. The third-order valence-corrected chi connectivity index (χ3v) is 3.59. The van der Waals surface area contributed by atoms with Gasteiger partial charge in [-0.05, 0) is 42.8 Å². The lowest BCUT2D eigenvalue weighted by molar-refractivity contribution is 1.19. The summed E-state index contributed by atoms with van der Waals surface area (Å²) >= 11 is 3.52. The maximum atomic E-state index is 4.53. The van der Waals surface area contributed by atoms with E-state index in [9.17, 15) is 0 Å². The Morgan fingerprint density at radius 2 is 1.86 bits per heavy atom. The molecule has 0 aliphatic carbocycles.